The highest BCUT2D eigenvalue weighted by molar-refractivity contribution is 5.82. The van der Waals surface area contributed by atoms with Gasteiger partial charge in [-0.05, 0) is 32.0 Å². The van der Waals surface area contributed by atoms with Gasteiger partial charge in [0.2, 0.25) is 5.91 Å². The maximum atomic E-state index is 11.6. The van der Waals surface area contributed by atoms with Crippen molar-refractivity contribution in [2.45, 2.75) is 19.9 Å². The maximum Gasteiger partial charge on any atom is 0.239 e. The number of hydrogen-bond acceptors (Lipinski definition) is 4. The zero-order chi connectivity index (χ0) is 13.7. The summed E-state index contributed by atoms with van der Waals surface area (Å²) in [5, 5.41) is 11.8. The van der Waals surface area contributed by atoms with Crippen molar-refractivity contribution in [3.63, 3.8) is 0 Å². The van der Waals surface area contributed by atoms with Crippen LogP contribution in [0.15, 0.2) is 18.2 Å². The van der Waals surface area contributed by atoms with Gasteiger partial charge in [0.25, 0.3) is 0 Å². The Morgan fingerprint density at radius 2 is 2.22 bits per heavy atom. The maximum absolute atomic E-state index is 11.6. The van der Waals surface area contributed by atoms with E-state index in [-0.39, 0.29) is 18.5 Å². The lowest BCUT2D eigenvalue weighted by molar-refractivity contribution is -0.120. The van der Waals surface area contributed by atoms with Crippen LogP contribution in [-0.4, -0.2) is 25.5 Å². The van der Waals surface area contributed by atoms with E-state index >= 15 is 0 Å². The van der Waals surface area contributed by atoms with Gasteiger partial charge in [0.15, 0.2) is 0 Å². The van der Waals surface area contributed by atoms with E-state index in [1.807, 2.05) is 13.8 Å². The molecule has 0 spiro atoms. The van der Waals surface area contributed by atoms with E-state index < -0.39 is 0 Å². The first-order valence-corrected chi connectivity index (χ1v) is 5.74. The fourth-order valence-corrected chi connectivity index (χ4v) is 1.64. The van der Waals surface area contributed by atoms with Crippen molar-refractivity contribution in [3.05, 3.63) is 23.8 Å². The van der Waals surface area contributed by atoms with Crippen molar-refractivity contribution in [2.24, 2.45) is 0 Å². The minimum Gasteiger partial charge on any atom is -0.399 e. The number of rotatable bonds is 4. The molecule has 0 radical (unpaired) electrons. The summed E-state index contributed by atoms with van der Waals surface area (Å²) in [5.41, 5.74) is 7.33. The predicted octanol–water partition coefficient (Wildman–Crippen LogP) is 1.10. The number of nitrogens with two attached hydrogens (primary N) is 1. The molecule has 0 saturated carbocycles. The van der Waals surface area contributed by atoms with Crippen LogP contribution in [0.4, 0.5) is 11.4 Å². The molecule has 1 aromatic carbocycles. The van der Waals surface area contributed by atoms with Crippen molar-refractivity contribution in [1.82, 2.24) is 5.32 Å². The monoisotopic (exact) mass is 246 g/mol. The molecule has 0 saturated heterocycles. The van der Waals surface area contributed by atoms with Gasteiger partial charge in [0.1, 0.15) is 6.07 Å². The number of nitrogens with zero attached hydrogens (tertiary/aromatic N) is 2. The molecule has 0 aromatic heterocycles. The molecule has 1 amide bonds. The molecule has 1 rings (SSSR count). The summed E-state index contributed by atoms with van der Waals surface area (Å²) < 4.78 is 0. The highest BCUT2D eigenvalue weighted by atomic mass is 16.2. The van der Waals surface area contributed by atoms with Crippen LogP contribution >= 0.6 is 0 Å². The Balaban J connectivity index is 2.82. The van der Waals surface area contributed by atoms with E-state index in [0.29, 0.717) is 16.9 Å². The first-order chi connectivity index (χ1) is 8.43. The van der Waals surface area contributed by atoms with Crippen molar-refractivity contribution in [1.29, 1.82) is 5.26 Å². The minimum atomic E-state index is -0.0757. The van der Waals surface area contributed by atoms with Gasteiger partial charge in [-0.25, -0.2) is 0 Å². The lowest BCUT2D eigenvalue weighted by atomic mass is 10.1. The molecule has 0 bridgehead atoms. The Morgan fingerprint density at radius 3 is 2.78 bits per heavy atom. The molecule has 5 nitrogen and oxygen atoms in total. The summed E-state index contributed by atoms with van der Waals surface area (Å²) in [6.07, 6.45) is 0. The lowest BCUT2D eigenvalue weighted by Gasteiger charge is -2.21. The molecular formula is C13H18N4O. The number of nitrogen functional groups attached to an aromatic ring is 1. The van der Waals surface area contributed by atoms with Gasteiger partial charge in [-0.15, -0.1) is 0 Å². The molecule has 0 aliphatic heterocycles. The fourth-order valence-electron chi connectivity index (χ4n) is 1.64. The summed E-state index contributed by atoms with van der Waals surface area (Å²) >= 11 is 0. The first kappa shape index (κ1) is 13.8. The molecule has 3 N–H and O–H groups in total. The van der Waals surface area contributed by atoms with Crippen LogP contribution in [0.2, 0.25) is 0 Å². The van der Waals surface area contributed by atoms with Crippen molar-refractivity contribution in [2.75, 3.05) is 24.2 Å². The number of likely N-dealkylation sites (N-methyl/N-ethyl adjacent to an activating group) is 1. The first-order valence-electron chi connectivity index (χ1n) is 5.74. The average Bonchev–Trinajstić information content (AvgIpc) is 2.27. The standard InChI is InChI=1S/C13H18N4O/c1-9(2)16-13(18)8-17(3)12-5-4-11(15)6-10(12)7-14/h4-6,9H,8,15H2,1-3H3,(H,16,18). The number of benzene rings is 1. The topological polar surface area (TPSA) is 82.2 Å². The molecule has 0 aliphatic carbocycles. The average molecular weight is 246 g/mol. The van der Waals surface area contributed by atoms with Crippen LogP contribution in [0.1, 0.15) is 19.4 Å². The van der Waals surface area contributed by atoms with E-state index in [1.54, 1.807) is 30.1 Å². The molecule has 0 heterocycles. The van der Waals surface area contributed by atoms with Crippen LogP contribution < -0.4 is 16.0 Å². The third kappa shape index (κ3) is 3.67. The molecule has 1 aromatic rings. The number of hydrogen-bond donors (Lipinski definition) is 2. The summed E-state index contributed by atoms with van der Waals surface area (Å²) in [6.45, 7) is 4.01. The Kier molecular flexibility index (Phi) is 4.55. The zero-order valence-electron chi connectivity index (χ0n) is 10.9. The zero-order valence-corrected chi connectivity index (χ0v) is 10.9. The molecule has 0 aliphatic rings. The third-order valence-electron chi connectivity index (χ3n) is 2.38. The second-order valence-corrected chi connectivity index (χ2v) is 4.47. The van der Waals surface area contributed by atoms with E-state index in [2.05, 4.69) is 11.4 Å². The number of nitrogens with one attached hydrogen (secondary N) is 1. The fraction of sp³-hybridized carbons (Fsp3) is 0.385. The second kappa shape index (κ2) is 5.92. The molecular weight excluding hydrogens is 228 g/mol. The number of carbonyl (C=O) groups excluding carboxylic acids is 1. The van der Waals surface area contributed by atoms with Crippen molar-refractivity contribution in [3.8, 4) is 6.07 Å². The van der Waals surface area contributed by atoms with E-state index in [4.69, 9.17) is 11.0 Å². The van der Waals surface area contributed by atoms with Crippen LogP contribution in [0.25, 0.3) is 0 Å². The van der Waals surface area contributed by atoms with Crippen LogP contribution in [0.3, 0.4) is 0 Å². The Morgan fingerprint density at radius 1 is 1.56 bits per heavy atom. The molecule has 0 fully saturated rings. The highest BCUT2D eigenvalue weighted by Crippen LogP contribution is 2.21. The molecule has 0 atom stereocenters. The minimum absolute atomic E-state index is 0.0757. The van der Waals surface area contributed by atoms with E-state index in [0.717, 1.165) is 0 Å². The Labute approximate surface area is 107 Å². The van der Waals surface area contributed by atoms with Gasteiger partial charge in [-0.2, -0.15) is 5.26 Å². The predicted molar refractivity (Wildman–Crippen MR) is 72.1 cm³/mol. The molecule has 5 heteroatoms. The normalized spacial score (nSPS) is 9.94. The Bertz CT molecular complexity index is 476. The van der Waals surface area contributed by atoms with Gasteiger partial charge < -0.3 is 16.0 Å². The SMILES string of the molecule is CC(C)NC(=O)CN(C)c1ccc(N)cc1C#N. The van der Waals surface area contributed by atoms with Crippen molar-refractivity contribution >= 4 is 17.3 Å². The number of amides is 1. The summed E-state index contributed by atoms with van der Waals surface area (Å²) in [5.74, 6) is -0.0757. The van der Waals surface area contributed by atoms with E-state index in [1.165, 1.54) is 0 Å². The Hall–Kier alpha value is -2.22. The molecule has 0 unspecified atom stereocenters. The van der Waals surface area contributed by atoms with Gasteiger partial charge in [-0.3, -0.25) is 4.79 Å². The third-order valence-corrected chi connectivity index (χ3v) is 2.38. The number of carbonyl (C=O) groups is 1. The van der Waals surface area contributed by atoms with Gasteiger partial charge in [-0.1, -0.05) is 0 Å². The highest BCUT2D eigenvalue weighted by Gasteiger charge is 2.12. The summed E-state index contributed by atoms with van der Waals surface area (Å²) in [6, 6.07) is 7.25. The van der Waals surface area contributed by atoms with Crippen molar-refractivity contribution < 1.29 is 4.79 Å². The molecule has 96 valence electrons. The number of nitriles is 1. The van der Waals surface area contributed by atoms with Crippen LogP contribution in [0, 0.1) is 11.3 Å². The summed E-state index contributed by atoms with van der Waals surface area (Å²) in [7, 11) is 1.77. The molecule has 18 heavy (non-hydrogen) atoms. The van der Waals surface area contributed by atoms with Crippen LogP contribution in [0.5, 0.6) is 0 Å². The largest absolute Gasteiger partial charge is 0.399 e. The lowest BCUT2D eigenvalue weighted by Crippen LogP contribution is -2.38. The summed E-state index contributed by atoms with van der Waals surface area (Å²) in [4.78, 5) is 13.4. The quantitative estimate of drug-likeness (QED) is 0.779. The number of anilines is 2. The second-order valence-electron chi connectivity index (χ2n) is 4.47. The smallest absolute Gasteiger partial charge is 0.239 e. The van der Waals surface area contributed by atoms with Gasteiger partial charge >= 0.3 is 0 Å². The van der Waals surface area contributed by atoms with Gasteiger partial charge in [0.05, 0.1) is 17.8 Å². The van der Waals surface area contributed by atoms with E-state index in [9.17, 15) is 4.79 Å². The van der Waals surface area contributed by atoms with Gasteiger partial charge in [0, 0.05) is 18.8 Å². The van der Waals surface area contributed by atoms with Crippen LogP contribution in [-0.2, 0) is 4.79 Å².